The highest BCUT2D eigenvalue weighted by atomic mass is 16.5. The van der Waals surface area contributed by atoms with Gasteiger partial charge in [-0.3, -0.25) is 0 Å². The van der Waals surface area contributed by atoms with Crippen molar-refractivity contribution < 1.29 is 9.47 Å². The number of aromatic nitrogens is 1. The SMILES string of the molecule is Cn1ccc2c(OCC3CCCO3)cccc21. The fraction of sp³-hybridized carbons (Fsp3) is 0.429. The third-order valence-corrected chi connectivity index (χ3v) is 3.34. The lowest BCUT2D eigenvalue weighted by Gasteiger charge is -2.12. The molecule has 1 atom stereocenters. The first-order valence-corrected chi connectivity index (χ1v) is 6.13. The molecule has 0 radical (unpaired) electrons. The molecule has 1 unspecified atom stereocenters. The molecular formula is C14H17NO2. The molecule has 1 saturated heterocycles. The number of hydrogen-bond acceptors (Lipinski definition) is 2. The summed E-state index contributed by atoms with van der Waals surface area (Å²) in [5.41, 5.74) is 1.20. The molecule has 0 spiro atoms. The zero-order valence-corrected chi connectivity index (χ0v) is 10.1. The van der Waals surface area contributed by atoms with Gasteiger partial charge in [0.1, 0.15) is 12.4 Å². The first-order chi connectivity index (χ1) is 8.34. The van der Waals surface area contributed by atoms with Gasteiger partial charge in [-0.1, -0.05) is 6.07 Å². The Morgan fingerprint density at radius 2 is 2.35 bits per heavy atom. The van der Waals surface area contributed by atoms with Gasteiger partial charge in [0.05, 0.1) is 11.6 Å². The molecule has 0 N–H and O–H groups in total. The molecule has 90 valence electrons. The molecule has 3 nitrogen and oxygen atoms in total. The molecule has 17 heavy (non-hydrogen) atoms. The van der Waals surface area contributed by atoms with Crippen LogP contribution in [0.5, 0.6) is 5.75 Å². The van der Waals surface area contributed by atoms with E-state index in [0.29, 0.717) is 6.61 Å². The van der Waals surface area contributed by atoms with Crippen LogP contribution in [-0.2, 0) is 11.8 Å². The van der Waals surface area contributed by atoms with Gasteiger partial charge in [0.2, 0.25) is 0 Å². The van der Waals surface area contributed by atoms with Gasteiger partial charge in [-0.2, -0.15) is 0 Å². The minimum Gasteiger partial charge on any atom is -0.490 e. The minimum absolute atomic E-state index is 0.272. The quantitative estimate of drug-likeness (QED) is 0.810. The maximum atomic E-state index is 5.88. The summed E-state index contributed by atoms with van der Waals surface area (Å²) in [6.07, 6.45) is 4.60. The summed E-state index contributed by atoms with van der Waals surface area (Å²) in [5, 5.41) is 1.17. The Hall–Kier alpha value is -1.48. The molecule has 1 aliphatic heterocycles. The molecule has 2 heterocycles. The topological polar surface area (TPSA) is 23.4 Å². The van der Waals surface area contributed by atoms with E-state index in [2.05, 4.69) is 22.9 Å². The van der Waals surface area contributed by atoms with Crippen LogP contribution < -0.4 is 4.74 Å². The van der Waals surface area contributed by atoms with Crippen LogP contribution in [0.25, 0.3) is 10.9 Å². The Balaban J connectivity index is 1.79. The second-order valence-electron chi connectivity index (χ2n) is 4.56. The third-order valence-electron chi connectivity index (χ3n) is 3.34. The smallest absolute Gasteiger partial charge is 0.128 e. The largest absolute Gasteiger partial charge is 0.490 e. The van der Waals surface area contributed by atoms with E-state index in [-0.39, 0.29) is 6.10 Å². The zero-order chi connectivity index (χ0) is 11.7. The van der Waals surface area contributed by atoms with Crippen molar-refractivity contribution in [1.29, 1.82) is 0 Å². The Morgan fingerprint density at radius 3 is 3.18 bits per heavy atom. The van der Waals surface area contributed by atoms with Gasteiger partial charge >= 0.3 is 0 Å². The van der Waals surface area contributed by atoms with Gasteiger partial charge < -0.3 is 14.0 Å². The van der Waals surface area contributed by atoms with Crippen LogP contribution in [0.4, 0.5) is 0 Å². The van der Waals surface area contributed by atoms with Crippen molar-refractivity contribution in [2.45, 2.75) is 18.9 Å². The molecular weight excluding hydrogens is 214 g/mol. The second-order valence-corrected chi connectivity index (χ2v) is 4.56. The van der Waals surface area contributed by atoms with Gasteiger partial charge in [-0.25, -0.2) is 0 Å². The molecule has 1 aromatic heterocycles. The molecule has 1 aromatic carbocycles. The number of fused-ring (bicyclic) bond motifs is 1. The van der Waals surface area contributed by atoms with Gasteiger partial charge in [0.15, 0.2) is 0 Å². The van der Waals surface area contributed by atoms with E-state index in [1.165, 1.54) is 10.9 Å². The number of ether oxygens (including phenoxy) is 2. The Kier molecular flexibility index (Phi) is 2.77. The van der Waals surface area contributed by atoms with Crippen molar-refractivity contribution in [3.63, 3.8) is 0 Å². The number of hydrogen-bond donors (Lipinski definition) is 0. The molecule has 3 heteroatoms. The van der Waals surface area contributed by atoms with Crippen LogP contribution in [0, 0.1) is 0 Å². The molecule has 0 aliphatic carbocycles. The van der Waals surface area contributed by atoms with Crippen molar-refractivity contribution in [3.05, 3.63) is 30.5 Å². The summed E-state index contributed by atoms with van der Waals surface area (Å²) in [4.78, 5) is 0. The van der Waals surface area contributed by atoms with Crippen LogP contribution in [0.15, 0.2) is 30.5 Å². The monoisotopic (exact) mass is 231 g/mol. The lowest BCUT2D eigenvalue weighted by molar-refractivity contribution is 0.0685. The van der Waals surface area contributed by atoms with Crippen molar-refractivity contribution in [2.24, 2.45) is 7.05 Å². The molecule has 3 rings (SSSR count). The van der Waals surface area contributed by atoms with Gasteiger partial charge in [-0.15, -0.1) is 0 Å². The number of rotatable bonds is 3. The van der Waals surface area contributed by atoms with Crippen molar-refractivity contribution >= 4 is 10.9 Å². The maximum absolute atomic E-state index is 5.88. The lowest BCUT2D eigenvalue weighted by Crippen LogP contribution is -2.16. The third kappa shape index (κ3) is 2.03. The fourth-order valence-corrected chi connectivity index (χ4v) is 2.36. The van der Waals surface area contributed by atoms with Crippen molar-refractivity contribution in [2.75, 3.05) is 13.2 Å². The molecule has 0 bridgehead atoms. The first-order valence-electron chi connectivity index (χ1n) is 6.13. The van der Waals surface area contributed by atoms with Crippen LogP contribution in [-0.4, -0.2) is 23.9 Å². The minimum atomic E-state index is 0.272. The Labute approximate surface area is 101 Å². The highest BCUT2D eigenvalue weighted by molar-refractivity contribution is 5.86. The van der Waals surface area contributed by atoms with Crippen LogP contribution in [0.3, 0.4) is 0 Å². The van der Waals surface area contributed by atoms with E-state index < -0.39 is 0 Å². The number of benzene rings is 1. The highest BCUT2D eigenvalue weighted by Crippen LogP contribution is 2.26. The lowest BCUT2D eigenvalue weighted by atomic mass is 10.2. The zero-order valence-electron chi connectivity index (χ0n) is 10.1. The average molecular weight is 231 g/mol. The summed E-state index contributed by atoms with van der Waals surface area (Å²) in [6, 6.07) is 8.26. The highest BCUT2D eigenvalue weighted by Gasteiger charge is 2.16. The van der Waals surface area contributed by atoms with Crippen molar-refractivity contribution in [1.82, 2.24) is 4.57 Å². The molecule has 2 aromatic rings. The number of nitrogens with zero attached hydrogens (tertiary/aromatic N) is 1. The van der Waals surface area contributed by atoms with E-state index >= 15 is 0 Å². The number of aryl methyl sites for hydroxylation is 1. The predicted molar refractivity (Wildman–Crippen MR) is 67.4 cm³/mol. The summed E-state index contributed by atoms with van der Waals surface area (Å²) in [6.45, 7) is 1.54. The summed E-state index contributed by atoms with van der Waals surface area (Å²) in [7, 11) is 2.05. The summed E-state index contributed by atoms with van der Waals surface area (Å²) < 4.78 is 13.5. The molecule has 1 aliphatic rings. The van der Waals surface area contributed by atoms with Gasteiger partial charge in [0.25, 0.3) is 0 Å². The maximum Gasteiger partial charge on any atom is 0.128 e. The summed E-state index contributed by atoms with van der Waals surface area (Å²) >= 11 is 0. The van der Waals surface area contributed by atoms with Crippen LogP contribution in [0.2, 0.25) is 0 Å². The van der Waals surface area contributed by atoms with E-state index in [9.17, 15) is 0 Å². The van der Waals surface area contributed by atoms with Gasteiger partial charge in [-0.05, 0) is 31.0 Å². The fourth-order valence-electron chi connectivity index (χ4n) is 2.36. The van der Waals surface area contributed by atoms with Crippen LogP contribution in [0.1, 0.15) is 12.8 Å². The standard InChI is InChI=1S/C14H17NO2/c1-15-8-7-12-13(15)5-2-6-14(12)17-10-11-4-3-9-16-11/h2,5-8,11H,3-4,9-10H2,1H3. The Morgan fingerprint density at radius 1 is 1.41 bits per heavy atom. The predicted octanol–water partition coefficient (Wildman–Crippen LogP) is 2.74. The average Bonchev–Trinajstić information content (AvgIpc) is 2.97. The van der Waals surface area contributed by atoms with E-state index in [1.54, 1.807) is 0 Å². The normalized spacial score (nSPS) is 19.9. The molecule has 0 amide bonds. The molecule has 0 saturated carbocycles. The van der Waals surface area contributed by atoms with Crippen LogP contribution >= 0.6 is 0 Å². The summed E-state index contributed by atoms with van der Waals surface area (Å²) in [5.74, 6) is 0.957. The van der Waals surface area contributed by atoms with Crippen molar-refractivity contribution in [3.8, 4) is 5.75 Å². The van der Waals surface area contributed by atoms with Gasteiger partial charge in [0, 0.05) is 25.2 Å². The first kappa shape index (κ1) is 10.7. The van der Waals surface area contributed by atoms with E-state index in [4.69, 9.17) is 9.47 Å². The van der Waals surface area contributed by atoms with E-state index in [1.807, 2.05) is 19.2 Å². The van der Waals surface area contributed by atoms with E-state index in [0.717, 1.165) is 25.2 Å². The second kappa shape index (κ2) is 4.41. The molecule has 1 fully saturated rings. The Bertz CT molecular complexity index is 512.